The normalized spacial score (nSPS) is 19.5. The van der Waals surface area contributed by atoms with Crippen LogP contribution in [0, 0.1) is 5.92 Å². The Morgan fingerprint density at radius 3 is 2.83 bits per heavy atom. The third-order valence-electron chi connectivity index (χ3n) is 4.21. The zero-order chi connectivity index (χ0) is 17.5. The van der Waals surface area contributed by atoms with Crippen LogP contribution >= 0.6 is 0 Å². The number of allylic oxidation sites excluding steroid dienone is 1. The lowest BCUT2D eigenvalue weighted by Gasteiger charge is -2.28. The first-order valence-electron chi connectivity index (χ1n) is 8.43. The summed E-state index contributed by atoms with van der Waals surface area (Å²) in [4.78, 5) is 24.8. The van der Waals surface area contributed by atoms with Crippen molar-refractivity contribution in [3.63, 3.8) is 0 Å². The summed E-state index contributed by atoms with van der Waals surface area (Å²) >= 11 is 0. The van der Waals surface area contributed by atoms with Gasteiger partial charge >= 0.3 is 11.9 Å². The Kier molecular flexibility index (Phi) is 6.41. The zero-order valence-electron chi connectivity index (χ0n) is 14.2. The Hall–Kier alpha value is -2.30. The van der Waals surface area contributed by atoms with Gasteiger partial charge in [0, 0.05) is 18.0 Å². The summed E-state index contributed by atoms with van der Waals surface area (Å²) in [6.07, 6.45) is 7.55. The number of rotatable bonds is 9. The van der Waals surface area contributed by atoms with Crippen LogP contribution in [0.4, 0.5) is 0 Å². The fourth-order valence-corrected chi connectivity index (χ4v) is 3.15. The Morgan fingerprint density at radius 2 is 2.17 bits per heavy atom. The maximum Gasteiger partial charge on any atom is 0.336 e. The van der Waals surface area contributed by atoms with Crippen LogP contribution in [0.1, 0.15) is 39.0 Å². The molecule has 0 radical (unpaired) electrons. The molecule has 1 atom stereocenters. The summed E-state index contributed by atoms with van der Waals surface area (Å²) in [7, 11) is 0. The van der Waals surface area contributed by atoms with Gasteiger partial charge in [-0.3, -0.25) is 0 Å². The molecule has 24 heavy (non-hydrogen) atoms. The third kappa shape index (κ3) is 3.78. The molecule has 130 valence electrons. The first kappa shape index (κ1) is 18.0. The van der Waals surface area contributed by atoms with Gasteiger partial charge in [0.2, 0.25) is 0 Å². The van der Waals surface area contributed by atoms with Crippen molar-refractivity contribution in [2.24, 2.45) is 5.92 Å². The first-order chi connectivity index (χ1) is 11.6. The van der Waals surface area contributed by atoms with E-state index in [4.69, 9.17) is 9.47 Å². The van der Waals surface area contributed by atoms with Crippen LogP contribution in [0.15, 0.2) is 47.9 Å². The highest BCUT2D eigenvalue weighted by Gasteiger charge is 2.41. The van der Waals surface area contributed by atoms with Gasteiger partial charge in [-0.05, 0) is 6.42 Å². The van der Waals surface area contributed by atoms with Crippen molar-refractivity contribution in [2.75, 3.05) is 13.2 Å². The van der Waals surface area contributed by atoms with Gasteiger partial charge < -0.3 is 14.8 Å². The molecule has 0 spiro atoms. The van der Waals surface area contributed by atoms with E-state index in [9.17, 15) is 9.59 Å². The largest absolute Gasteiger partial charge is 0.458 e. The van der Waals surface area contributed by atoms with Crippen LogP contribution in [0.2, 0.25) is 0 Å². The number of unbranched alkanes of at least 4 members (excludes halogenated alkanes) is 2. The Bertz CT molecular complexity index is 600. The van der Waals surface area contributed by atoms with Gasteiger partial charge in [0.05, 0.1) is 16.8 Å². The molecule has 5 heteroatoms. The van der Waals surface area contributed by atoms with E-state index in [-0.39, 0.29) is 25.1 Å². The monoisotopic (exact) mass is 331 g/mol. The quantitative estimate of drug-likeness (QED) is 0.399. The molecule has 2 rings (SSSR count). The van der Waals surface area contributed by atoms with Gasteiger partial charge in [0.25, 0.3) is 0 Å². The van der Waals surface area contributed by atoms with Crippen molar-refractivity contribution in [3.8, 4) is 0 Å². The molecule has 0 fully saturated rings. The molecule has 2 heterocycles. The lowest BCUT2D eigenvalue weighted by molar-refractivity contribution is -0.138. The standard InChI is InChI=1S/C19H25NO4/c1-4-7-8-10-13-16(18(21)23-11-6-3)14(9-5-2)20-15-12-24-19(22)17(13)15/h5-6,13,20H,2-4,7-12H2,1H3. The Balaban J connectivity index is 2.37. The highest BCUT2D eigenvalue weighted by atomic mass is 16.5. The molecule has 0 aromatic heterocycles. The average Bonchev–Trinajstić information content (AvgIpc) is 2.94. The number of hydrogen-bond donors (Lipinski definition) is 1. The molecule has 1 unspecified atom stereocenters. The lowest BCUT2D eigenvalue weighted by Crippen LogP contribution is -2.32. The van der Waals surface area contributed by atoms with Gasteiger partial charge in [0.1, 0.15) is 13.2 Å². The molecular formula is C19H25NO4. The van der Waals surface area contributed by atoms with Crippen molar-refractivity contribution in [1.82, 2.24) is 5.32 Å². The molecule has 0 aromatic rings. The summed E-state index contributed by atoms with van der Waals surface area (Å²) in [5, 5.41) is 3.19. The Morgan fingerprint density at radius 1 is 1.38 bits per heavy atom. The predicted octanol–water partition coefficient (Wildman–Crippen LogP) is 3.16. The van der Waals surface area contributed by atoms with Crippen LogP contribution in [0.3, 0.4) is 0 Å². The highest BCUT2D eigenvalue weighted by Crippen LogP contribution is 2.38. The second kappa shape index (κ2) is 8.52. The second-order valence-corrected chi connectivity index (χ2v) is 5.91. The maximum atomic E-state index is 12.6. The summed E-state index contributed by atoms with van der Waals surface area (Å²) in [5.41, 5.74) is 2.60. The topological polar surface area (TPSA) is 64.6 Å². The predicted molar refractivity (Wildman–Crippen MR) is 91.7 cm³/mol. The van der Waals surface area contributed by atoms with Crippen molar-refractivity contribution < 1.29 is 19.1 Å². The van der Waals surface area contributed by atoms with E-state index in [0.29, 0.717) is 17.6 Å². The minimum atomic E-state index is -0.410. The molecule has 0 aliphatic carbocycles. The lowest BCUT2D eigenvalue weighted by atomic mass is 9.81. The van der Waals surface area contributed by atoms with E-state index < -0.39 is 5.97 Å². The van der Waals surface area contributed by atoms with Gasteiger partial charge in [-0.25, -0.2) is 9.59 Å². The summed E-state index contributed by atoms with van der Waals surface area (Å²) < 4.78 is 10.4. The SMILES string of the molecule is C=CCOC(=O)C1=C(CC=C)NC2=C(C(=O)OC2)C1CCCCC. The molecule has 2 aliphatic rings. The first-order valence-corrected chi connectivity index (χ1v) is 8.43. The van der Waals surface area contributed by atoms with E-state index in [2.05, 4.69) is 25.4 Å². The maximum absolute atomic E-state index is 12.6. The molecule has 5 nitrogen and oxygen atoms in total. The number of carbonyl (C=O) groups excluding carboxylic acids is 2. The van der Waals surface area contributed by atoms with Crippen LogP contribution in [0.25, 0.3) is 0 Å². The summed E-state index contributed by atoms with van der Waals surface area (Å²) in [6.45, 7) is 9.82. The molecule has 0 aromatic carbocycles. The summed E-state index contributed by atoms with van der Waals surface area (Å²) in [5.74, 6) is -1.03. The van der Waals surface area contributed by atoms with E-state index in [1.54, 1.807) is 6.08 Å². The molecule has 0 saturated carbocycles. The van der Waals surface area contributed by atoms with Crippen molar-refractivity contribution in [1.29, 1.82) is 0 Å². The number of nitrogens with one attached hydrogen (secondary N) is 1. The Labute approximate surface area is 143 Å². The number of ether oxygens (including phenoxy) is 2. The van der Waals surface area contributed by atoms with E-state index in [1.165, 1.54) is 6.08 Å². The second-order valence-electron chi connectivity index (χ2n) is 5.91. The van der Waals surface area contributed by atoms with Gasteiger partial charge in [-0.2, -0.15) is 0 Å². The smallest absolute Gasteiger partial charge is 0.336 e. The van der Waals surface area contributed by atoms with Crippen molar-refractivity contribution >= 4 is 11.9 Å². The average molecular weight is 331 g/mol. The molecular weight excluding hydrogens is 306 g/mol. The molecule has 2 aliphatic heterocycles. The van der Waals surface area contributed by atoms with E-state index in [0.717, 1.165) is 37.1 Å². The van der Waals surface area contributed by atoms with Crippen molar-refractivity contribution in [3.05, 3.63) is 47.9 Å². The van der Waals surface area contributed by atoms with Crippen LogP contribution < -0.4 is 5.32 Å². The highest BCUT2D eigenvalue weighted by molar-refractivity contribution is 5.99. The van der Waals surface area contributed by atoms with Crippen LogP contribution in [-0.4, -0.2) is 25.2 Å². The van der Waals surface area contributed by atoms with Gasteiger partial charge in [-0.1, -0.05) is 44.9 Å². The fourth-order valence-electron chi connectivity index (χ4n) is 3.15. The molecule has 0 saturated heterocycles. The summed E-state index contributed by atoms with van der Waals surface area (Å²) in [6, 6.07) is 0. The number of esters is 2. The number of carbonyl (C=O) groups is 2. The van der Waals surface area contributed by atoms with Crippen LogP contribution in [-0.2, 0) is 19.1 Å². The van der Waals surface area contributed by atoms with Crippen LogP contribution in [0.5, 0.6) is 0 Å². The minimum Gasteiger partial charge on any atom is -0.458 e. The van der Waals surface area contributed by atoms with Gasteiger partial charge in [0.15, 0.2) is 0 Å². The number of dihydropyridines is 1. The molecule has 0 bridgehead atoms. The molecule has 0 amide bonds. The number of hydrogen-bond acceptors (Lipinski definition) is 5. The van der Waals surface area contributed by atoms with Crippen molar-refractivity contribution in [2.45, 2.75) is 39.0 Å². The number of cyclic esters (lactones) is 1. The van der Waals surface area contributed by atoms with Gasteiger partial charge in [-0.15, -0.1) is 6.58 Å². The van der Waals surface area contributed by atoms with E-state index >= 15 is 0 Å². The minimum absolute atomic E-state index is 0.141. The molecule has 1 N–H and O–H groups in total. The third-order valence-corrected chi connectivity index (χ3v) is 4.21. The zero-order valence-corrected chi connectivity index (χ0v) is 14.2. The van der Waals surface area contributed by atoms with E-state index in [1.807, 2.05) is 0 Å². The fraction of sp³-hybridized carbons (Fsp3) is 0.474.